The fourth-order valence-electron chi connectivity index (χ4n) is 4.89. The number of nitrogens with zero attached hydrogens (tertiary/aromatic N) is 3. The number of piperazine rings is 1. The highest BCUT2D eigenvalue weighted by Gasteiger charge is 2.59. The van der Waals surface area contributed by atoms with Gasteiger partial charge in [0.25, 0.3) is 0 Å². The van der Waals surface area contributed by atoms with Crippen LogP contribution < -0.4 is 0 Å². The lowest BCUT2D eigenvalue weighted by atomic mass is 9.83. The molecule has 3 amide bonds. The van der Waals surface area contributed by atoms with E-state index in [0.717, 1.165) is 5.56 Å². The summed E-state index contributed by atoms with van der Waals surface area (Å²) in [5.41, 5.74) is 1.54. The summed E-state index contributed by atoms with van der Waals surface area (Å²) in [6.07, 6.45) is -4.82. The van der Waals surface area contributed by atoms with Crippen LogP contribution in [0.5, 0.6) is 0 Å². The third-order valence-electron chi connectivity index (χ3n) is 7.15. The number of amides is 3. The Morgan fingerprint density at radius 2 is 1.28 bits per heavy atom. The van der Waals surface area contributed by atoms with Crippen molar-refractivity contribution in [1.82, 2.24) is 14.1 Å². The van der Waals surface area contributed by atoms with Gasteiger partial charge >= 0.3 is 28.6 Å². The molecular formula is C28H33N3O11S. The van der Waals surface area contributed by atoms with Crippen LogP contribution in [0.2, 0.25) is 0 Å². The van der Waals surface area contributed by atoms with Crippen LogP contribution >= 0.6 is 0 Å². The largest absolute Gasteiger partial charge is 0.508 e. The van der Waals surface area contributed by atoms with Crippen molar-refractivity contribution >= 4 is 34.6 Å². The van der Waals surface area contributed by atoms with Gasteiger partial charge in [0, 0.05) is 26.2 Å². The molecule has 0 saturated carbocycles. The van der Waals surface area contributed by atoms with Crippen molar-refractivity contribution in [3.63, 3.8) is 0 Å². The number of hydrogen-bond acceptors (Lipinski definition) is 10. The molecule has 2 fully saturated rings. The van der Waals surface area contributed by atoms with Crippen LogP contribution in [0.25, 0.3) is 0 Å². The molecule has 2 aliphatic heterocycles. The van der Waals surface area contributed by atoms with E-state index in [2.05, 4.69) is 0 Å². The van der Waals surface area contributed by atoms with Crippen LogP contribution in [0.15, 0.2) is 60.7 Å². The Bertz CT molecular complexity index is 1400. The molecule has 2 saturated heterocycles. The minimum atomic E-state index is -5.00. The van der Waals surface area contributed by atoms with Crippen molar-refractivity contribution in [1.29, 1.82) is 0 Å². The molecule has 0 aromatic heterocycles. The highest BCUT2D eigenvalue weighted by molar-refractivity contribution is 7.84. The van der Waals surface area contributed by atoms with Gasteiger partial charge in [-0.2, -0.15) is 8.42 Å². The first-order valence-corrected chi connectivity index (χ1v) is 14.9. The van der Waals surface area contributed by atoms with Crippen molar-refractivity contribution in [3.8, 4) is 0 Å². The first-order valence-electron chi connectivity index (χ1n) is 13.5. The number of β-lactam (4-membered cyclic amide) rings is 1. The van der Waals surface area contributed by atoms with Gasteiger partial charge in [0.05, 0.1) is 0 Å². The Kier molecular flexibility index (Phi) is 10.1. The highest BCUT2D eigenvalue weighted by Crippen LogP contribution is 2.36. The second-order valence-electron chi connectivity index (χ2n) is 10.1. The van der Waals surface area contributed by atoms with Gasteiger partial charge in [-0.15, -0.1) is 0 Å². The van der Waals surface area contributed by atoms with E-state index in [1.165, 1.54) is 23.6 Å². The molecule has 232 valence electrons. The van der Waals surface area contributed by atoms with Crippen molar-refractivity contribution < 1.29 is 51.1 Å². The molecule has 0 unspecified atom stereocenters. The molecule has 0 radical (unpaired) electrons. The Morgan fingerprint density at radius 1 is 0.791 bits per heavy atom. The summed E-state index contributed by atoms with van der Waals surface area (Å²) in [7, 11) is -5.00. The molecule has 0 spiro atoms. The van der Waals surface area contributed by atoms with Crippen molar-refractivity contribution in [2.24, 2.45) is 5.92 Å². The normalized spacial score (nSPS) is 20.0. The number of carbonyl (C=O) groups excluding carboxylic acids is 4. The maximum atomic E-state index is 12.9. The maximum absolute atomic E-state index is 12.9. The minimum absolute atomic E-state index is 0.0857. The van der Waals surface area contributed by atoms with Crippen molar-refractivity contribution in [2.75, 3.05) is 26.2 Å². The molecule has 43 heavy (non-hydrogen) atoms. The fraction of sp³-hybridized carbons (Fsp3) is 0.429. The van der Waals surface area contributed by atoms with Gasteiger partial charge < -0.3 is 28.7 Å². The zero-order chi connectivity index (χ0) is 31.1. The number of benzene rings is 2. The average molecular weight is 620 g/mol. The molecular weight excluding hydrogens is 586 g/mol. The van der Waals surface area contributed by atoms with Gasteiger partial charge in [-0.3, -0.25) is 9.35 Å². The SMILES string of the molecule is C[C@H](OC(=O)N1CCN(C(=O)OCc2ccccc2)CC1)[C@@H]1[C@@H]([C@@H](C)OC(=O)OCc2ccccc2)C(=O)N1S(=O)(=O)O. The van der Waals surface area contributed by atoms with Crippen LogP contribution in [-0.4, -0.2) is 95.8 Å². The third kappa shape index (κ3) is 7.93. The van der Waals surface area contributed by atoms with Gasteiger partial charge in [0.2, 0.25) is 5.91 Å². The molecule has 2 aromatic rings. The molecule has 15 heteroatoms. The first-order chi connectivity index (χ1) is 20.5. The van der Waals surface area contributed by atoms with Crippen LogP contribution in [-0.2, 0) is 47.3 Å². The number of carbonyl (C=O) groups is 4. The smallest absolute Gasteiger partial charge is 0.445 e. The van der Waals surface area contributed by atoms with Gasteiger partial charge in [0.1, 0.15) is 37.4 Å². The summed E-state index contributed by atoms with van der Waals surface area (Å²) in [5, 5.41) is 0. The molecule has 4 rings (SSSR count). The topological polar surface area (TPSA) is 169 Å². The number of ether oxygens (including phenoxy) is 4. The van der Waals surface area contributed by atoms with E-state index in [4.69, 9.17) is 18.9 Å². The third-order valence-corrected chi connectivity index (χ3v) is 8.07. The molecule has 0 aliphatic carbocycles. The Hall–Kier alpha value is -4.37. The van der Waals surface area contributed by atoms with E-state index in [1.807, 2.05) is 30.3 Å². The molecule has 2 aromatic carbocycles. The zero-order valence-corrected chi connectivity index (χ0v) is 24.4. The lowest BCUT2D eigenvalue weighted by molar-refractivity contribution is -0.162. The lowest BCUT2D eigenvalue weighted by Gasteiger charge is -2.48. The standard InChI is InChI=1S/C28H33N3O11S/c1-19(42-28(35)40-18-22-11-7-4-8-12-22)23-24(31(25(23)32)43(36,37)38)20(2)41-27(34)30-15-13-29(14-16-30)26(33)39-17-21-9-5-3-6-10-21/h3-12,19-20,23-24H,13-18H2,1-2H3,(H,36,37,38)/t19-,20+,23-,24-/m1/s1. The van der Waals surface area contributed by atoms with E-state index in [0.29, 0.717) is 5.56 Å². The highest BCUT2D eigenvalue weighted by atomic mass is 32.2. The van der Waals surface area contributed by atoms with Crippen LogP contribution in [0.3, 0.4) is 0 Å². The van der Waals surface area contributed by atoms with E-state index >= 15 is 0 Å². The maximum Gasteiger partial charge on any atom is 0.508 e. The predicted octanol–water partition coefficient (Wildman–Crippen LogP) is 2.84. The summed E-state index contributed by atoms with van der Waals surface area (Å²) in [5.74, 6) is -2.27. The molecule has 1 N–H and O–H groups in total. The summed E-state index contributed by atoms with van der Waals surface area (Å²) in [6, 6.07) is 16.6. The Labute approximate surface area is 248 Å². The van der Waals surface area contributed by atoms with Gasteiger partial charge in [-0.05, 0) is 25.0 Å². The monoisotopic (exact) mass is 619 g/mol. The summed E-state index contributed by atoms with van der Waals surface area (Å²) in [4.78, 5) is 53.0. The molecule has 14 nitrogen and oxygen atoms in total. The van der Waals surface area contributed by atoms with E-state index in [-0.39, 0.29) is 43.7 Å². The molecule has 2 aliphatic rings. The average Bonchev–Trinajstić information content (AvgIpc) is 2.97. The van der Waals surface area contributed by atoms with Crippen LogP contribution in [0.1, 0.15) is 25.0 Å². The predicted molar refractivity (Wildman–Crippen MR) is 149 cm³/mol. The fourth-order valence-corrected chi connectivity index (χ4v) is 5.85. The summed E-state index contributed by atoms with van der Waals surface area (Å²) in [6.45, 7) is 3.34. The number of hydrogen-bond donors (Lipinski definition) is 1. The van der Waals surface area contributed by atoms with E-state index in [9.17, 15) is 32.1 Å². The van der Waals surface area contributed by atoms with Gasteiger partial charge in [-0.1, -0.05) is 60.7 Å². The molecule has 0 bridgehead atoms. The zero-order valence-electron chi connectivity index (χ0n) is 23.6. The quantitative estimate of drug-likeness (QED) is 0.190. The summed E-state index contributed by atoms with van der Waals surface area (Å²) >= 11 is 0. The van der Waals surface area contributed by atoms with Crippen LogP contribution in [0.4, 0.5) is 14.4 Å². The van der Waals surface area contributed by atoms with E-state index in [1.54, 1.807) is 30.3 Å². The Balaban J connectivity index is 1.30. The second-order valence-corrected chi connectivity index (χ2v) is 11.4. The van der Waals surface area contributed by atoms with E-state index < -0.39 is 58.7 Å². The Morgan fingerprint density at radius 3 is 1.79 bits per heavy atom. The molecule has 4 atom stereocenters. The summed E-state index contributed by atoms with van der Waals surface area (Å²) < 4.78 is 54.8. The van der Waals surface area contributed by atoms with Crippen LogP contribution in [0, 0.1) is 5.92 Å². The van der Waals surface area contributed by atoms with Gasteiger partial charge in [0.15, 0.2) is 0 Å². The second kappa shape index (κ2) is 13.7. The first kappa shape index (κ1) is 31.6. The minimum Gasteiger partial charge on any atom is -0.445 e. The van der Waals surface area contributed by atoms with Crippen molar-refractivity contribution in [3.05, 3.63) is 71.8 Å². The number of rotatable bonds is 9. The van der Waals surface area contributed by atoms with Crippen molar-refractivity contribution in [2.45, 2.75) is 45.3 Å². The van der Waals surface area contributed by atoms with Gasteiger partial charge in [-0.25, -0.2) is 18.7 Å². The lowest BCUT2D eigenvalue weighted by Crippen LogP contribution is -2.70. The molecule has 2 heterocycles.